The van der Waals surface area contributed by atoms with E-state index in [9.17, 15) is 0 Å². The topological polar surface area (TPSA) is 47.0 Å². The van der Waals surface area contributed by atoms with E-state index < -0.39 is 0 Å². The highest BCUT2D eigenvalue weighted by Crippen LogP contribution is 2.21. The van der Waals surface area contributed by atoms with Crippen molar-refractivity contribution >= 4 is 17.5 Å². The van der Waals surface area contributed by atoms with Gasteiger partial charge in [-0.2, -0.15) is 4.98 Å². The lowest BCUT2D eigenvalue weighted by atomic mass is 9.90. The number of rotatable bonds is 7. The van der Waals surface area contributed by atoms with Gasteiger partial charge in [0.1, 0.15) is 0 Å². The lowest BCUT2D eigenvalue weighted by Crippen LogP contribution is -2.24. The molecule has 0 fully saturated rings. The van der Waals surface area contributed by atoms with E-state index in [4.69, 9.17) is 16.3 Å². The number of nitrogens with zero attached hydrogens (tertiary/aromatic N) is 2. The third-order valence-corrected chi connectivity index (χ3v) is 2.67. The summed E-state index contributed by atoms with van der Waals surface area (Å²) < 4.78 is 5.52. The van der Waals surface area contributed by atoms with E-state index in [-0.39, 0.29) is 11.5 Å². The summed E-state index contributed by atoms with van der Waals surface area (Å²) in [5, 5.41) is 3.22. The smallest absolute Gasteiger partial charge is 0.225 e. The molecule has 0 saturated carbocycles. The molecular formula is C13H22ClN3O. The number of alkyl halides is 1. The largest absolute Gasteiger partial charge is 0.475 e. The molecule has 1 heterocycles. The van der Waals surface area contributed by atoms with Gasteiger partial charge in [-0.15, -0.1) is 11.6 Å². The molecule has 0 spiro atoms. The molecule has 1 aromatic rings. The van der Waals surface area contributed by atoms with Crippen LogP contribution < -0.4 is 10.1 Å². The second kappa shape index (κ2) is 6.78. The van der Waals surface area contributed by atoms with Gasteiger partial charge >= 0.3 is 0 Å². The van der Waals surface area contributed by atoms with Gasteiger partial charge in [-0.25, -0.2) is 4.98 Å². The van der Waals surface area contributed by atoms with Crippen LogP contribution in [-0.2, 0) is 0 Å². The van der Waals surface area contributed by atoms with Gasteiger partial charge in [0, 0.05) is 24.7 Å². The van der Waals surface area contributed by atoms with Gasteiger partial charge < -0.3 is 10.1 Å². The molecule has 0 radical (unpaired) electrons. The predicted molar refractivity (Wildman–Crippen MR) is 75.4 cm³/mol. The summed E-state index contributed by atoms with van der Waals surface area (Å²) >= 11 is 5.77. The Bertz CT molecular complexity index is 369. The van der Waals surface area contributed by atoms with Crippen molar-refractivity contribution in [3.63, 3.8) is 0 Å². The van der Waals surface area contributed by atoms with E-state index >= 15 is 0 Å². The fourth-order valence-electron chi connectivity index (χ4n) is 1.40. The third kappa shape index (κ3) is 5.54. The summed E-state index contributed by atoms with van der Waals surface area (Å²) in [7, 11) is 0. The molecule has 0 aliphatic rings. The van der Waals surface area contributed by atoms with Crippen molar-refractivity contribution in [1.82, 2.24) is 9.97 Å². The number of halogens is 1. The number of hydrogen-bond acceptors (Lipinski definition) is 4. The first-order chi connectivity index (χ1) is 8.43. The predicted octanol–water partition coefficient (Wildman–Crippen LogP) is 3.33. The van der Waals surface area contributed by atoms with Gasteiger partial charge in [0.2, 0.25) is 11.8 Å². The molecule has 0 atom stereocenters. The second-order valence-electron chi connectivity index (χ2n) is 5.34. The van der Waals surface area contributed by atoms with Gasteiger partial charge in [-0.1, -0.05) is 13.8 Å². The van der Waals surface area contributed by atoms with Crippen molar-refractivity contribution in [2.45, 2.75) is 40.2 Å². The van der Waals surface area contributed by atoms with Crippen LogP contribution >= 0.6 is 11.6 Å². The molecule has 0 saturated heterocycles. The molecule has 4 nitrogen and oxygen atoms in total. The fraction of sp³-hybridized carbons (Fsp3) is 0.692. The highest BCUT2D eigenvalue weighted by atomic mass is 35.5. The summed E-state index contributed by atoms with van der Waals surface area (Å²) in [6, 6.07) is 1.76. The minimum absolute atomic E-state index is 0.112. The SMILES string of the molecule is CC(C)Oc1ccnc(NCC(C)(C)CCCl)n1. The summed E-state index contributed by atoms with van der Waals surface area (Å²) in [4.78, 5) is 8.47. The maximum absolute atomic E-state index is 5.77. The zero-order chi connectivity index (χ0) is 13.6. The Morgan fingerprint density at radius 1 is 1.44 bits per heavy atom. The van der Waals surface area contributed by atoms with Crippen LogP contribution in [0.3, 0.4) is 0 Å². The Balaban J connectivity index is 2.57. The molecule has 0 amide bonds. The monoisotopic (exact) mass is 271 g/mol. The Hall–Kier alpha value is -1.03. The van der Waals surface area contributed by atoms with E-state index in [2.05, 4.69) is 29.1 Å². The van der Waals surface area contributed by atoms with Gasteiger partial charge in [0.25, 0.3) is 0 Å². The van der Waals surface area contributed by atoms with Crippen LogP contribution in [0.15, 0.2) is 12.3 Å². The highest BCUT2D eigenvalue weighted by Gasteiger charge is 2.17. The number of anilines is 1. The normalized spacial score (nSPS) is 11.7. The van der Waals surface area contributed by atoms with Crippen LogP contribution in [0, 0.1) is 5.41 Å². The molecule has 0 aromatic carbocycles. The first-order valence-corrected chi connectivity index (χ1v) is 6.76. The number of nitrogens with one attached hydrogen (secondary N) is 1. The summed E-state index contributed by atoms with van der Waals surface area (Å²) in [6.07, 6.45) is 2.76. The maximum atomic E-state index is 5.77. The molecule has 0 bridgehead atoms. The molecule has 18 heavy (non-hydrogen) atoms. The van der Waals surface area contributed by atoms with Crippen LogP contribution in [0.25, 0.3) is 0 Å². The van der Waals surface area contributed by atoms with E-state index in [1.165, 1.54) is 0 Å². The van der Waals surface area contributed by atoms with Gasteiger partial charge in [0.05, 0.1) is 6.10 Å². The molecular weight excluding hydrogens is 250 g/mol. The van der Waals surface area contributed by atoms with Crippen molar-refractivity contribution in [3.8, 4) is 5.88 Å². The van der Waals surface area contributed by atoms with E-state index in [1.807, 2.05) is 13.8 Å². The first kappa shape index (κ1) is 15.0. The zero-order valence-electron chi connectivity index (χ0n) is 11.5. The van der Waals surface area contributed by atoms with E-state index in [1.54, 1.807) is 12.3 Å². The number of hydrogen-bond donors (Lipinski definition) is 1. The van der Waals surface area contributed by atoms with Crippen LogP contribution in [-0.4, -0.2) is 28.5 Å². The quantitative estimate of drug-likeness (QED) is 0.773. The van der Waals surface area contributed by atoms with Crippen molar-refractivity contribution in [3.05, 3.63) is 12.3 Å². The first-order valence-electron chi connectivity index (χ1n) is 6.22. The number of aromatic nitrogens is 2. The maximum Gasteiger partial charge on any atom is 0.225 e. The summed E-state index contributed by atoms with van der Waals surface area (Å²) in [5.41, 5.74) is 0.125. The average Bonchev–Trinajstić information content (AvgIpc) is 2.26. The van der Waals surface area contributed by atoms with E-state index in [0.29, 0.717) is 17.7 Å². The third-order valence-electron chi connectivity index (χ3n) is 2.48. The Morgan fingerprint density at radius 2 is 2.17 bits per heavy atom. The van der Waals surface area contributed by atoms with E-state index in [0.717, 1.165) is 13.0 Å². The second-order valence-corrected chi connectivity index (χ2v) is 5.72. The number of ether oxygens (including phenoxy) is 1. The Kier molecular flexibility index (Phi) is 5.66. The summed E-state index contributed by atoms with van der Waals surface area (Å²) in [5.74, 6) is 1.85. The average molecular weight is 272 g/mol. The van der Waals surface area contributed by atoms with Crippen molar-refractivity contribution < 1.29 is 4.74 Å². The molecule has 1 aromatic heterocycles. The van der Waals surface area contributed by atoms with Gasteiger partial charge in [-0.3, -0.25) is 0 Å². The Morgan fingerprint density at radius 3 is 2.78 bits per heavy atom. The molecule has 0 aliphatic heterocycles. The fourth-order valence-corrected chi connectivity index (χ4v) is 1.91. The van der Waals surface area contributed by atoms with Crippen molar-refractivity contribution in [2.75, 3.05) is 17.7 Å². The molecule has 0 aliphatic carbocycles. The van der Waals surface area contributed by atoms with Crippen molar-refractivity contribution in [1.29, 1.82) is 0 Å². The standard InChI is InChI=1S/C13H22ClN3O/c1-10(2)18-11-5-8-15-12(17-11)16-9-13(3,4)6-7-14/h5,8,10H,6-7,9H2,1-4H3,(H,15,16,17). The molecule has 102 valence electrons. The van der Waals surface area contributed by atoms with Crippen LogP contribution in [0.1, 0.15) is 34.1 Å². The van der Waals surface area contributed by atoms with Gasteiger partial charge in [-0.05, 0) is 25.7 Å². The van der Waals surface area contributed by atoms with Crippen LogP contribution in [0.2, 0.25) is 0 Å². The van der Waals surface area contributed by atoms with Crippen LogP contribution in [0.5, 0.6) is 5.88 Å². The molecule has 5 heteroatoms. The molecule has 0 unspecified atom stereocenters. The minimum Gasteiger partial charge on any atom is -0.475 e. The minimum atomic E-state index is 0.112. The van der Waals surface area contributed by atoms with Gasteiger partial charge in [0.15, 0.2) is 0 Å². The molecule has 1 N–H and O–H groups in total. The van der Waals surface area contributed by atoms with Crippen LogP contribution in [0.4, 0.5) is 5.95 Å². The summed E-state index contributed by atoms with van der Waals surface area (Å²) in [6.45, 7) is 9.05. The van der Waals surface area contributed by atoms with Crippen molar-refractivity contribution in [2.24, 2.45) is 5.41 Å². The molecule has 1 rings (SSSR count). The lowest BCUT2D eigenvalue weighted by Gasteiger charge is -2.23. The Labute approximate surface area is 114 Å². The highest BCUT2D eigenvalue weighted by molar-refractivity contribution is 6.17. The lowest BCUT2D eigenvalue weighted by molar-refractivity contribution is 0.232. The zero-order valence-corrected chi connectivity index (χ0v) is 12.3.